The van der Waals surface area contributed by atoms with Gasteiger partial charge >= 0.3 is 0 Å². The fourth-order valence-electron chi connectivity index (χ4n) is 1.35. The molecule has 1 amide bonds. The third-order valence-corrected chi connectivity index (χ3v) is 3.64. The summed E-state index contributed by atoms with van der Waals surface area (Å²) >= 11 is 0. The summed E-state index contributed by atoms with van der Waals surface area (Å²) in [5.41, 5.74) is 0.202. The van der Waals surface area contributed by atoms with Crippen LogP contribution in [0.1, 0.15) is 20.3 Å². The SMILES string of the molecule is CC/C=C(\C)C(=O)NS(=O)(=O)c1ccc(F)cc1F. The molecular formula is C12H13F2NO3S. The Bertz CT molecular complexity index is 624. The summed E-state index contributed by atoms with van der Waals surface area (Å²) in [5, 5.41) is 0. The van der Waals surface area contributed by atoms with Crippen LogP contribution >= 0.6 is 0 Å². The molecule has 0 bridgehead atoms. The summed E-state index contributed by atoms with van der Waals surface area (Å²) < 4.78 is 51.3. The molecular weight excluding hydrogens is 276 g/mol. The highest BCUT2D eigenvalue weighted by molar-refractivity contribution is 7.90. The van der Waals surface area contributed by atoms with Crippen molar-refractivity contribution in [1.29, 1.82) is 0 Å². The third-order valence-electron chi connectivity index (χ3n) is 2.28. The van der Waals surface area contributed by atoms with Crippen LogP contribution in [0.25, 0.3) is 0 Å². The van der Waals surface area contributed by atoms with E-state index in [1.165, 1.54) is 13.0 Å². The molecule has 1 rings (SSSR count). The zero-order valence-electron chi connectivity index (χ0n) is 10.4. The van der Waals surface area contributed by atoms with Gasteiger partial charge in [0.1, 0.15) is 16.5 Å². The second-order valence-corrected chi connectivity index (χ2v) is 5.46. The van der Waals surface area contributed by atoms with Gasteiger partial charge in [0.05, 0.1) is 0 Å². The Hall–Kier alpha value is -1.76. The monoisotopic (exact) mass is 289 g/mol. The number of nitrogens with one attached hydrogen (secondary N) is 1. The number of allylic oxidation sites excluding steroid dienone is 1. The molecule has 1 aromatic carbocycles. The number of hydrogen-bond donors (Lipinski definition) is 1. The lowest BCUT2D eigenvalue weighted by molar-refractivity contribution is -0.115. The Balaban J connectivity index is 3.06. The highest BCUT2D eigenvalue weighted by Crippen LogP contribution is 2.15. The normalized spacial score (nSPS) is 12.3. The molecule has 0 saturated heterocycles. The molecule has 0 atom stereocenters. The highest BCUT2D eigenvalue weighted by atomic mass is 32.2. The molecule has 1 aromatic rings. The Kier molecular flexibility index (Phi) is 4.77. The lowest BCUT2D eigenvalue weighted by Crippen LogP contribution is -2.31. The molecule has 0 spiro atoms. The summed E-state index contributed by atoms with van der Waals surface area (Å²) in [4.78, 5) is 10.8. The molecule has 0 aliphatic rings. The number of sulfonamides is 1. The van der Waals surface area contributed by atoms with Gasteiger partial charge in [-0.05, 0) is 25.5 Å². The molecule has 4 nitrogen and oxygen atoms in total. The molecule has 0 fully saturated rings. The van der Waals surface area contributed by atoms with Crippen LogP contribution in [0, 0.1) is 11.6 Å². The van der Waals surface area contributed by atoms with Crippen molar-refractivity contribution in [2.24, 2.45) is 0 Å². The highest BCUT2D eigenvalue weighted by Gasteiger charge is 2.22. The topological polar surface area (TPSA) is 63.2 Å². The van der Waals surface area contributed by atoms with Gasteiger partial charge in [0.15, 0.2) is 0 Å². The van der Waals surface area contributed by atoms with Crippen LogP contribution in [0.15, 0.2) is 34.7 Å². The van der Waals surface area contributed by atoms with Gasteiger partial charge in [-0.3, -0.25) is 4.79 Å². The summed E-state index contributed by atoms with van der Waals surface area (Å²) in [6.07, 6.45) is 2.09. The zero-order valence-corrected chi connectivity index (χ0v) is 11.2. The third kappa shape index (κ3) is 3.85. The summed E-state index contributed by atoms with van der Waals surface area (Å²) in [6, 6.07) is 2.00. The molecule has 104 valence electrons. The van der Waals surface area contributed by atoms with Gasteiger partial charge in [0, 0.05) is 11.6 Å². The van der Waals surface area contributed by atoms with Crippen LogP contribution < -0.4 is 4.72 Å². The number of amides is 1. The standard InChI is InChI=1S/C12H13F2NO3S/c1-3-4-8(2)12(16)15-19(17,18)11-6-5-9(13)7-10(11)14/h4-7H,3H2,1-2H3,(H,15,16)/b8-4+. The van der Waals surface area contributed by atoms with E-state index in [1.807, 2.05) is 0 Å². The average molecular weight is 289 g/mol. The minimum atomic E-state index is -4.35. The summed E-state index contributed by atoms with van der Waals surface area (Å²) in [5.74, 6) is -2.99. The first-order valence-electron chi connectivity index (χ1n) is 5.47. The van der Waals surface area contributed by atoms with Crippen molar-refractivity contribution in [3.8, 4) is 0 Å². The fraction of sp³-hybridized carbons (Fsp3) is 0.250. The van der Waals surface area contributed by atoms with Gasteiger partial charge in [-0.15, -0.1) is 0 Å². The van der Waals surface area contributed by atoms with Gasteiger partial charge in [-0.1, -0.05) is 13.0 Å². The maximum Gasteiger partial charge on any atom is 0.267 e. The predicted molar refractivity (Wildman–Crippen MR) is 65.7 cm³/mol. The van der Waals surface area contributed by atoms with E-state index in [2.05, 4.69) is 0 Å². The van der Waals surface area contributed by atoms with Crippen LogP contribution in [0.2, 0.25) is 0 Å². The minimum absolute atomic E-state index is 0.202. The lowest BCUT2D eigenvalue weighted by Gasteiger charge is -2.08. The zero-order chi connectivity index (χ0) is 14.6. The number of carbonyl (C=O) groups is 1. The van der Waals surface area contributed by atoms with Crippen LogP contribution in [-0.2, 0) is 14.8 Å². The van der Waals surface area contributed by atoms with Gasteiger partial charge in [0.2, 0.25) is 0 Å². The second kappa shape index (κ2) is 5.92. The lowest BCUT2D eigenvalue weighted by atomic mass is 10.2. The molecule has 0 aliphatic heterocycles. The van der Waals surface area contributed by atoms with E-state index in [0.29, 0.717) is 12.5 Å². The van der Waals surface area contributed by atoms with Crippen LogP contribution in [0.3, 0.4) is 0 Å². The van der Waals surface area contributed by atoms with E-state index in [1.54, 1.807) is 11.6 Å². The largest absolute Gasteiger partial charge is 0.269 e. The molecule has 0 unspecified atom stereocenters. The minimum Gasteiger partial charge on any atom is -0.269 e. The Morgan fingerprint density at radius 3 is 2.53 bits per heavy atom. The Labute approximate surface area is 110 Å². The quantitative estimate of drug-likeness (QED) is 0.864. The number of carbonyl (C=O) groups excluding carboxylic acids is 1. The van der Waals surface area contributed by atoms with E-state index >= 15 is 0 Å². The first kappa shape index (κ1) is 15.3. The maximum absolute atomic E-state index is 13.4. The summed E-state index contributed by atoms with van der Waals surface area (Å²) in [7, 11) is -4.35. The Morgan fingerprint density at radius 1 is 1.37 bits per heavy atom. The fourth-order valence-corrected chi connectivity index (χ4v) is 2.43. The van der Waals surface area contributed by atoms with E-state index in [0.717, 1.165) is 12.1 Å². The predicted octanol–water partition coefficient (Wildman–Crippen LogP) is 2.13. The van der Waals surface area contributed by atoms with Crippen LogP contribution in [-0.4, -0.2) is 14.3 Å². The smallest absolute Gasteiger partial charge is 0.267 e. The van der Waals surface area contributed by atoms with Crippen LogP contribution in [0.4, 0.5) is 8.78 Å². The van der Waals surface area contributed by atoms with E-state index in [-0.39, 0.29) is 5.57 Å². The van der Waals surface area contributed by atoms with Crippen molar-refractivity contribution in [2.45, 2.75) is 25.2 Å². The Morgan fingerprint density at radius 2 is 2.00 bits per heavy atom. The number of halogens is 2. The van der Waals surface area contributed by atoms with Gasteiger partial charge in [-0.25, -0.2) is 21.9 Å². The molecule has 19 heavy (non-hydrogen) atoms. The van der Waals surface area contributed by atoms with Crippen molar-refractivity contribution in [1.82, 2.24) is 4.72 Å². The number of rotatable bonds is 4. The van der Waals surface area contributed by atoms with Crippen molar-refractivity contribution in [3.63, 3.8) is 0 Å². The molecule has 0 heterocycles. The van der Waals surface area contributed by atoms with Gasteiger partial charge in [-0.2, -0.15) is 0 Å². The molecule has 0 radical (unpaired) electrons. The second-order valence-electron chi connectivity index (χ2n) is 3.80. The van der Waals surface area contributed by atoms with Crippen molar-refractivity contribution < 1.29 is 22.0 Å². The first-order valence-corrected chi connectivity index (χ1v) is 6.95. The first-order chi connectivity index (χ1) is 8.77. The molecule has 0 aromatic heterocycles. The van der Waals surface area contributed by atoms with Crippen LogP contribution in [0.5, 0.6) is 0 Å². The summed E-state index contributed by atoms with van der Waals surface area (Å²) in [6.45, 7) is 3.22. The molecule has 1 N–H and O–H groups in total. The van der Waals surface area contributed by atoms with E-state index in [4.69, 9.17) is 0 Å². The van der Waals surface area contributed by atoms with Gasteiger partial charge in [0.25, 0.3) is 15.9 Å². The van der Waals surface area contributed by atoms with E-state index < -0.39 is 32.5 Å². The van der Waals surface area contributed by atoms with Gasteiger partial charge < -0.3 is 0 Å². The molecule has 0 aliphatic carbocycles. The molecule has 7 heteroatoms. The van der Waals surface area contributed by atoms with Crippen molar-refractivity contribution >= 4 is 15.9 Å². The molecule has 0 saturated carbocycles. The number of hydrogen-bond acceptors (Lipinski definition) is 3. The average Bonchev–Trinajstić information content (AvgIpc) is 2.27. The number of benzene rings is 1. The van der Waals surface area contributed by atoms with E-state index in [9.17, 15) is 22.0 Å². The van der Waals surface area contributed by atoms with Crippen molar-refractivity contribution in [3.05, 3.63) is 41.5 Å². The van der Waals surface area contributed by atoms with Crippen molar-refractivity contribution in [2.75, 3.05) is 0 Å². The maximum atomic E-state index is 13.4.